The molecular weight excluding hydrogens is 242 g/mol. The van der Waals surface area contributed by atoms with E-state index in [0.717, 1.165) is 25.7 Å². The van der Waals surface area contributed by atoms with Gasteiger partial charge in [0.1, 0.15) is 5.82 Å². The monoisotopic (exact) mass is 263 g/mol. The van der Waals surface area contributed by atoms with Crippen LogP contribution >= 0.6 is 0 Å². The van der Waals surface area contributed by atoms with Crippen LogP contribution in [0.3, 0.4) is 0 Å². The molecule has 0 unspecified atom stereocenters. The molecule has 0 atom stereocenters. The van der Waals surface area contributed by atoms with Crippen molar-refractivity contribution in [3.8, 4) is 0 Å². The van der Waals surface area contributed by atoms with Crippen LogP contribution in [-0.2, 0) is 0 Å². The number of carbonyl (C=O) groups excluding carboxylic acids is 1. The number of hydrogen-bond acceptors (Lipinski definition) is 3. The van der Waals surface area contributed by atoms with E-state index < -0.39 is 0 Å². The van der Waals surface area contributed by atoms with Crippen molar-refractivity contribution in [2.75, 3.05) is 18.5 Å². The Bertz CT molecular complexity index is 402. The van der Waals surface area contributed by atoms with E-state index in [1.807, 2.05) is 6.07 Å². The maximum Gasteiger partial charge on any atom is 0.320 e. The van der Waals surface area contributed by atoms with Gasteiger partial charge in [-0.15, -0.1) is 0 Å². The van der Waals surface area contributed by atoms with Gasteiger partial charge in [-0.25, -0.2) is 9.78 Å². The minimum Gasteiger partial charge on any atom is -0.396 e. The van der Waals surface area contributed by atoms with Gasteiger partial charge < -0.3 is 10.4 Å². The summed E-state index contributed by atoms with van der Waals surface area (Å²) >= 11 is 0. The number of rotatable bonds is 4. The Kier molecular flexibility index (Phi) is 4.74. The predicted molar refractivity (Wildman–Crippen MR) is 73.9 cm³/mol. The van der Waals surface area contributed by atoms with Crippen LogP contribution in [0.25, 0.3) is 0 Å². The second kappa shape index (κ2) is 6.52. The molecule has 0 aromatic carbocycles. The molecule has 5 heteroatoms. The molecule has 1 aromatic heterocycles. The summed E-state index contributed by atoms with van der Waals surface area (Å²) in [7, 11) is 0. The first-order valence-electron chi connectivity index (χ1n) is 6.81. The molecule has 5 nitrogen and oxygen atoms in total. The number of nitrogens with one attached hydrogen (secondary N) is 2. The summed E-state index contributed by atoms with van der Waals surface area (Å²) in [6.07, 6.45) is 7.07. The van der Waals surface area contributed by atoms with Crippen LogP contribution in [0.4, 0.5) is 10.6 Å². The van der Waals surface area contributed by atoms with E-state index in [4.69, 9.17) is 0 Å². The van der Waals surface area contributed by atoms with Crippen molar-refractivity contribution in [1.29, 1.82) is 0 Å². The first kappa shape index (κ1) is 13.8. The number of aliphatic hydroxyl groups excluding tert-OH is 1. The van der Waals surface area contributed by atoms with Crippen LogP contribution < -0.4 is 10.6 Å². The maximum absolute atomic E-state index is 11.8. The molecule has 0 aliphatic heterocycles. The average molecular weight is 263 g/mol. The largest absolute Gasteiger partial charge is 0.396 e. The van der Waals surface area contributed by atoms with Gasteiger partial charge in [0.2, 0.25) is 0 Å². The van der Waals surface area contributed by atoms with E-state index in [1.54, 1.807) is 18.3 Å². The standard InChI is InChI=1S/C14H21N3O2/c18-11-14(7-3-1-4-8-14)10-16-13(19)17-12-6-2-5-9-15-12/h2,5-6,9,18H,1,3-4,7-8,10-11H2,(H2,15,16,17,19). The van der Waals surface area contributed by atoms with Gasteiger partial charge in [0.25, 0.3) is 0 Å². The quantitative estimate of drug-likeness (QED) is 0.779. The van der Waals surface area contributed by atoms with Crippen LogP contribution in [0, 0.1) is 5.41 Å². The van der Waals surface area contributed by atoms with Crippen LogP contribution in [0.5, 0.6) is 0 Å². The molecular formula is C14H21N3O2. The highest BCUT2D eigenvalue weighted by molar-refractivity contribution is 5.88. The summed E-state index contributed by atoms with van der Waals surface area (Å²) in [4.78, 5) is 15.8. The minimum atomic E-state index is -0.267. The van der Waals surface area contributed by atoms with E-state index in [0.29, 0.717) is 12.4 Å². The van der Waals surface area contributed by atoms with Crippen molar-refractivity contribution in [1.82, 2.24) is 10.3 Å². The molecule has 0 spiro atoms. The molecule has 2 rings (SSSR count). The van der Waals surface area contributed by atoms with Crippen molar-refractivity contribution in [2.45, 2.75) is 32.1 Å². The summed E-state index contributed by atoms with van der Waals surface area (Å²) in [6, 6.07) is 5.09. The van der Waals surface area contributed by atoms with Gasteiger partial charge in [-0.3, -0.25) is 5.32 Å². The van der Waals surface area contributed by atoms with Crippen molar-refractivity contribution >= 4 is 11.8 Å². The van der Waals surface area contributed by atoms with Crippen molar-refractivity contribution < 1.29 is 9.90 Å². The average Bonchev–Trinajstić information content (AvgIpc) is 2.47. The van der Waals surface area contributed by atoms with Gasteiger partial charge in [0.05, 0.1) is 6.61 Å². The number of nitrogens with zero attached hydrogens (tertiary/aromatic N) is 1. The zero-order valence-electron chi connectivity index (χ0n) is 11.1. The molecule has 1 aliphatic rings. The summed E-state index contributed by atoms with van der Waals surface area (Å²) in [5, 5.41) is 15.1. The van der Waals surface area contributed by atoms with Crippen LogP contribution in [0.1, 0.15) is 32.1 Å². The molecule has 1 aliphatic carbocycles. The number of urea groups is 1. The zero-order valence-corrected chi connectivity index (χ0v) is 11.1. The highest BCUT2D eigenvalue weighted by Crippen LogP contribution is 2.35. The van der Waals surface area contributed by atoms with E-state index in [1.165, 1.54) is 6.42 Å². The van der Waals surface area contributed by atoms with Crippen molar-refractivity contribution in [2.24, 2.45) is 5.41 Å². The fourth-order valence-corrected chi connectivity index (χ4v) is 2.56. The van der Waals surface area contributed by atoms with Gasteiger partial charge >= 0.3 is 6.03 Å². The zero-order chi connectivity index (χ0) is 13.6. The molecule has 0 radical (unpaired) electrons. The summed E-state index contributed by atoms with van der Waals surface area (Å²) < 4.78 is 0. The fraction of sp³-hybridized carbons (Fsp3) is 0.571. The third kappa shape index (κ3) is 3.92. The SMILES string of the molecule is O=C(NCC1(CO)CCCCC1)Nc1ccccn1. The number of anilines is 1. The van der Waals surface area contributed by atoms with E-state index in [2.05, 4.69) is 15.6 Å². The molecule has 0 bridgehead atoms. The van der Waals surface area contributed by atoms with Crippen LogP contribution in [0.15, 0.2) is 24.4 Å². The Balaban J connectivity index is 1.82. The Hall–Kier alpha value is -1.62. The molecule has 2 amide bonds. The lowest BCUT2D eigenvalue weighted by Crippen LogP contribution is -2.42. The Morgan fingerprint density at radius 3 is 2.74 bits per heavy atom. The van der Waals surface area contributed by atoms with E-state index in [9.17, 15) is 9.90 Å². The molecule has 0 saturated heterocycles. The lowest BCUT2D eigenvalue weighted by molar-refractivity contribution is 0.0840. The number of pyridine rings is 1. The minimum absolute atomic E-state index is 0.136. The molecule has 3 N–H and O–H groups in total. The Morgan fingerprint density at radius 1 is 1.32 bits per heavy atom. The number of aliphatic hydroxyl groups is 1. The molecule has 19 heavy (non-hydrogen) atoms. The number of hydrogen-bond donors (Lipinski definition) is 3. The third-order valence-corrected chi connectivity index (χ3v) is 3.78. The normalized spacial score (nSPS) is 17.7. The Labute approximate surface area is 113 Å². The Morgan fingerprint density at radius 2 is 2.11 bits per heavy atom. The number of amides is 2. The van der Waals surface area contributed by atoms with Crippen molar-refractivity contribution in [3.63, 3.8) is 0 Å². The van der Waals surface area contributed by atoms with Gasteiger partial charge in [-0.1, -0.05) is 25.3 Å². The highest BCUT2D eigenvalue weighted by atomic mass is 16.3. The summed E-state index contributed by atoms with van der Waals surface area (Å²) in [6.45, 7) is 0.652. The topological polar surface area (TPSA) is 74.2 Å². The molecule has 1 aromatic rings. The van der Waals surface area contributed by atoms with Crippen molar-refractivity contribution in [3.05, 3.63) is 24.4 Å². The lowest BCUT2D eigenvalue weighted by atomic mass is 9.74. The van der Waals surface area contributed by atoms with Gasteiger partial charge in [-0.2, -0.15) is 0 Å². The first-order valence-corrected chi connectivity index (χ1v) is 6.81. The molecule has 1 saturated carbocycles. The molecule has 1 fully saturated rings. The molecule has 1 heterocycles. The summed E-state index contributed by atoms with van der Waals surface area (Å²) in [5.74, 6) is 0.529. The summed E-state index contributed by atoms with van der Waals surface area (Å²) in [5.41, 5.74) is -0.139. The van der Waals surface area contributed by atoms with Crippen LogP contribution in [0.2, 0.25) is 0 Å². The number of aromatic nitrogens is 1. The third-order valence-electron chi connectivity index (χ3n) is 3.78. The predicted octanol–water partition coefficient (Wildman–Crippen LogP) is 2.15. The second-order valence-electron chi connectivity index (χ2n) is 5.24. The van der Waals surface area contributed by atoms with Gasteiger partial charge in [0.15, 0.2) is 0 Å². The van der Waals surface area contributed by atoms with E-state index in [-0.39, 0.29) is 18.1 Å². The maximum atomic E-state index is 11.8. The van der Waals surface area contributed by atoms with Gasteiger partial charge in [0, 0.05) is 18.2 Å². The lowest BCUT2D eigenvalue weighted by Gasteiger charge is -2.35. The van der Waals surface area contributed by atoms with Gasteiger partial charge in [-0.05, 0) is 25.0 Å². The first-order chi connectivity index (χ1) is 9.24. The smallest absolute Gasteiger partial charge is 0.320 e. The van der Waals surface area contributed by atoms with E-state index >= 15 is 0 Å². The number of carbonyl (C=O) groups is 1. The second-order valence-corrected chi connectivity index (χ2v) is 5.24. The van der Waals surface area contributed by atoms with Crippen LogP contribution in [-0.4, -0.2) is 29.3 Å². The molecule has 104 valence electrons. The highest BCUT2D eigenvalue weighted by Gasteiger charge is 2.31. The fourth-order valence-electron chi connectivity index (χ4n) is 2.56.